The van der Waals surface area contributed by atoms with E-state index in [1.165, 1.54) is 0 Å². The molecule has 6 nitrogen and oxygen atoms in total. The Kier molecular flexibility index (Phi) is 5.79. The van der Waals surface area contributed by atoms with Gasteiger partial charge in [0.15, 0.2) is 0 Å². The molecule has 1 N–H and O–H groups in total. The number of nitrogens with zero attached hydrogens (tertiary/aromatic N) is 5. The van der Waals surface area contributed by atoms with E-state index < -0.39 is 0 Å². The molecule has 6 heteroatoms. The van der Waals surface area contributed by atoms with Crippen LogP contribution in [0.1, 0.15) is 27.2 Å². The molecule has 0 saturated carbocycles. The van der Waals surface area contributed by atoms with Crippen molar-refractivity contribution in [1.82, 2.24) is 15.0 Å². The minimum Gasteiger partial charge on any atom is -0.354 e. The Hall–Kier alpha value is -1.59. The SMILES string of the molecule is CCNc1nc(N(C)C)nc(N(C)CCC(C)C)n1. The highest BCUT2D eigenvalue weighted by molar-refractivity contribution is 5.43. The van der Waals surface area contributed by atoms with E-state index in [-0.39, 0.29) is 0 Å². The quantitative estimate of drug-likeness (QED) is 0.813. The average Bonchev–Trinajstić information content (AvgIpc) is 2.35. The van der Waals surface area contributed by atoms with Crippen LogP contribution in [-0.2, 0) is 0 Å². The molecule has 0 aromatic carbocycles. The highest BCUT2D eigenvalue weighted by Crippen LogP contribution is 2.15. The summed E-state index contributed by atoms with van der Waals surface area (Å²) in [5.41, 5.74) is 0. The number of hydrogen-bond acceptors (Lipinski definition) is 6. The second kappa shape index (κ2) is 7.11. The molecular formula is C13H26N6. The first-order valence-corrected chi connectivity index (χ1v) is 6.82. The van der Waals surface area contributed by atoms with Crippen molar-refractivity contribution in [3.63, 3.8) is 0 Å². The molecule has 0 saturated heterocycles. The zero-order valence-electron chi connectivity index (χ0n) is 12.9. The van der Waals surface area contributed by atoms with Crippen molar-refractivity contribution in [2.24, 2.45) is 5.92 Å². The first kappa shape index (κ1) is 15.5. The van der Waals surface area contributed by atoms with Crippen molar-refractivity contribution >= 4 is 17.8 Å². The van der Waals surface area contributed by atoms with Crippen LogP contribution in [-0.4, -0.2) is 49.2 Å². The second-order valence-corrected chi connectivity index (χ2v) is 5.29. The molecule has 0 amide bonds. The van der Waals surface area contributed by atoms with E-state index in [4.69, 9.17) is 0 Å². The molecule has 0 bridgehead atoms. The summed E-state index contributed by atoms with van der Waals surface area (Å²) < 4.78 is 0. The predicted octanol–water partition coefficient (Wildman–Crippen LogP) is 1.85. The van der Waals surface area contributed by atoms with E-state index in [0.29, 0.717) is 17.8 Å². The Morgan fingerprint density at radius 3 is 2.21 bits per heavy atom. The molecule has 0 atom stereocenters. The molecule has 1 aromatic rings. The van der Waals surface area contributed by atoms with Crippen molar-refractivity contribution in [2.75, 3.05) is 49.3 Å². The molecule has 0 aliphatic rings. The van der Waals surface area contributed by atoms with Crippen LogP contribution in [0.5, 0.6) is 0 Å². The molecule has 0 unspecified atom stereocenters. The molecule has 0 spiro atoms. The van der Waals surface area contributed by atoms with Gasteiger partial charge in [0.05, 0.1) is 0 Å². The van der Waals surface area contributed by atoms with E-state index in [1.807, 2.05) is 33.0 Å². The Morgan fingerprint density at radius 2 is 1.68 bits per heavy atom. The van der Waals surface area contributed by atoms with Gasteiger partial charge in [0, 0.05) is 34.2 Å². The van der Waals surface area contributed by atoms with Crippen LogP contribution in [0.25, 0.3) is 0 Å². The molecule has 1 aromatic heterocycles. The lowest BCUT2D eigenvalue weighted by atomic mass is 10.1. The third-order valence-electron chi connectivity index (χ3n) is 2.73. The van der Waals surface area contributed by atoms with Gasteiger partial charge in [0.25, 0.3) is 0 Å². The molecular weight excluding hydrogens is 240 g/mol. The van der Waals surface area contributed by atoms with Gasteiger partial charge in [-0.3, -0.25) is 0 Å². The summed E-state index contributed by atoms with van der Waals surface area (Å²) in [6, 6.07) is 0. The molecule has 0 radical (unpaired) electrons. The largest absolute Gasteiger partial charge is 0.354 e. The van der Waals surface area contributed by atoms with Gasteiger partial charge in [0.2, 0.25) is 17.8 Å². The monoisotopic (exact) mass is 266 g/mol. The zero-order chi connectivity index (χ0) is 14.4. The standard InChI is InChI=1S/C13H26N6/c1-7-14-11-15-12(18(4)5)17-13(16-11)19(6)9-8-10(2)3/h10H,7-9H2,1-6H3,(H,14,15,16,17). The summed E-state index contributed by atoms with van der Waals surface area (Å²) in [6.07, 6.45) is 1.12. The fourth-order valence-corrected chi connectivity index (χ4v) is 1.51. The first-order chi connectivity index (χ1) is 8.93. The van der Waals surface area contributed by atoms with E-state index in [1.54, 1.807) is 0 Å². The van der Waals surface area contributed by atoms with E-state index >= 15 is 0 Å². The first-order valence-electron chi connectivity index (χ1n) is 6.82. The smallest absolute Gasteiger partial charge is 0.231 e. The predicted molar refractivity (Wildman–Crippen MR) is 81.0 cm³/mol. The van der Waals surface area contributed by atoms with Gasteiger partial charge in [-0.25, -0.2) is 0 Å². The number of nitrogens with one attached hydrogen (secondary N) is 1. The van der Waals surface area contributed by atoms with Crippen LogP contribution in [0, 0.1) is 5.92 Å². The number of anilines is 3. The molecule has 1 rings (SSSR count). The van der Waals surface area contributed by atoms with E-state index in [9.17, 15) is 0 Å². The lowest BCUT2D eigenvalue weighted by Crippen LogP contribution is -2.25. The van der Waals surface area contributed by atoms with Crippen molar-refractivity contribution < 1.29 is 0 Å². The lowest BCUT2D eigenvalue weighted by molar-refractivity contribution is 0.581. The van der Waals surface area contributed by atoms with Gasteiger partial charge in [-0.1, -0.05) is 13.8 Å². The third kappa shape index (κ3) is 4.89. The summed E-state index contributed by atoms with van der Waals surface area (Å²) in [5.74, 6) is 2.70. The van der Waals surface area contributed by atoms with E-state index in [2.05, 4.69) is 39.0 Å². The minimum absolute atomic E-state index is 0.632. The molecule has 0 aliphatic heterocycles. The minimum atomic E-state index is 0.632. The highest BCUT2D eigenvalue weighted by Gasteiger charge is 2.11. The fourth-order valence-electron chi connectivity index (χ4n) is 1.51. The summed E-state index contributed by atoms with van der Waals surface area (Å²) in [6.45, 7) is 8.21. The van der Waals surface area contributed by atoms with Crippen LogP contribution < -0.4 is 15.1 Å². The van der Waals surface area contributed by atoms with Crippen molar-refractivity contribution in [3.05, 3.63) is 0 Å². The van der Waals surface area contributed by atoms with Crippen molar-refractivity contribution in [1.29, 1.82) is 0 Å². The summed E-state index contributed by atoms with van der Waals surface area (Å²) in [7, 11) is 5.89. The lowest BCUT2D eigenvalue weighted by Gasteiger charge is -2.20. The van der Waals surface area contributed by atoms with Crippen LogP contribution in [0.4, 0.5) is 17.8 Å². The van der Waals surface area contributed by atoms with Crippen molar-refractivity contribution in [2.45, 2.75) is 27.2 Å². The Morgan fingerprint density at radius 1 is 1.05 bits per heavy atom. The Bertz CT molecular complexity index is 391. The fraction of sp³-hybridized carbons (Fsp3) is 0.769. The summed E-state index contributed by atoms with van der Waals surface area (Å²) >= 11 is 0. The average molecular weight is 266 g/mol. The van der Waals surface area contributed by atoms with Gasteiger partial charge in [-0.05, 0) is 19.3 Å². The molecule has 19 heavy (non-hydrogen) atoms. The van der Waals surface area contributed by atoms with Crippen LogP contribution in [0.2, 0.25) is 0 Å². The highest BCUT2D eigenvalue weighted by atomic mass is 15.3. The van der Waals surface area contributed by atoms with Gasteiger partial charge >= 0.3 is 0 Å². The number of aromatic nitrogens is 3. The topological polar surface area (TPSA) is 57.2 Å². The maximum absolute atomic E-state index is 4.48. The second-order valence-electron chi connectivity index (χ2n) is 5.29. The van der Waals surface area contributed by atoms with Crippen LogP contribution in [0.3, 0.4) is 0 Å². The van der Waals surface area contributed by atoms with Gasteiger partial charge in [-0.2, -0.15) is 15.0 Å². The maximum Gasteiger partial charge on any atom is 0.231 e. The number of rotatable bonds is 7. The van der Waals surface area contributed by atoms with Gasteiger partial charge in [-0.15, -0.1) is 0 Å². The maximum atomic E-state index is 4.48. The third-order valence-corrected chi connectivity index (χ3v) is 2.73. The molecule has 108 valence electrons. The van der Waals surface area contributed by atoms with Crippen LogP contribution >= 0.6 is 0 Å². The molecule has 0 fully saturated rings. The van der Waals surface area contributed by atoms with Gasteiger partial charge < -0.3 is 15.1 Å². The summed E-state index contributed by atoms with van der Waals surface area (Å²) in [5, 5.41) is 3.15. The van der Waals surface area contributed by atoms with Gasteiger partial charge in [0.1, 0.15) is 0 Å². The van der Waals surface area contributed by atoms with Crippen LogP contribution in [0.15, 0.2) is 0 Å². The molecule has 1 heterocycles. The zero-order valence-corrected chi connectivity index (χ0v) is 12.9. The number of hydrogen-bond donors (Lipinski definition) is 1. The normalized spacial score (nSPS) is 10.7. The Balaban J connectivity index is 2.91. The molecule has 0 aliphatic carbocycles. The Labute approximate surface area is 116 Å². The van der Waals surface area contributed by atoms with Crippen molar-refractivity contribution in [3.8, 4) is 0 Å². The van der Waals surface area contributed by atoms with E-state index in [0.717, 1.165) is 25.5 Å². The summed E-state index contributed by atoms with van der Waals surface area (Å²) in [4.78, 5) is 17.3.